The van der Waals surface area contributed by atoms with Crippen LogP contribution in [0.4, 0.5) is 5.82 Å². The van der Waals surface area contributed by atoms with Crippen molar-refractivity contribution >= 4 is 62.5 Å². The van der Waals surface area contributed by atoms with Gasteiger partial charge in [0.05, 0.1) is 10.6 Å². The van der Waals surface area contributed by atoms with E-state index in [0.717, 1.165) is 23.1 Å². The Morgan fingerprint density at radius 2 is 2.00 bits per heavy atom. The van der Waals surface area contributed by atoms with E-state index in [1.807, 2.05) is 11.4 Å². The van der Waals surface area contributed by atoms with Gasteiger partial charge in [-0.3, -0.25) is 14.5 Å². The highest BCUT2D eigenvalue weighted by Gasteiger charge is 2.33. The molecule has 2 amide bonds. The molecule has 0 spiro atoms. The summed E-state index contributed by atoms with van der Waals surface area (Å²) in [6.45, 7) is 0.407. The number of carbonyl (C=O) groups is 2. The van der Waals surface area contributed by atoms with E-state index in [9.17, 15) is 9.59 Å². The van der Waals surface area contributed by atoms with Crippen LogP contribution in [0.5, 0.6) is 0 Å². The van der Waals surface area contributed by atoms with Gasteiger partial charge >= 0.3 is 0 Å². The van der Waals surface area contributed by atoms with E-state index in [1.54, 1.807) is 24.3 Å². The molecule has 3 heterocycles. The third-order valence-electron chi connectivity index (χ3n) is 4.56. The minimum atomic E-state index is -0.421. The number of rotatable bonds is 3. The van der Waals surface area contributed by atoms with Gasteiger partial charge in [0, 0.05) is 17.1 Å². The number of imide groups is 1. The van der Waals surface area contributed by atoms with Crippen LogP contribution in [-0.2, 0) is 4.79 Å². The van der Waals surface area contributed by atoms with E-state index in [2.05, 4.69) is 9.97 Å². The number of anilines is 1. The number of nitrogens with two attached hydrogens (primary N) is 1. The molecule has 2 N–H and O–H groups in total. The summed E-state index contributed by atoms with van der Waals surface area (Å²) in [7, 11) is 0. The number of benzene rings is 1. The molecule has 1 fully saturated rings. The van der Waals surface area contributed by atoms with Crippen LogP contribution in [-0.4, -0.2) is 38.5 Å². The van der Waals surface area contributed by atoms with Crippen LogP contribution in [0.15, 0.2) is 40.9 Å². The number of hydrogen-bond donors (Lipinski definition) is 1. The van der Waals surface area contributed by atoms with Gasteiger partial charge in [-0.15, -0.1) is 11.3 Å². The fourth-order valence-electron chi connectivity index (χ4n) is 3.10. The third kappa shape index (κ3) is 3.85. The van der Waals surface area contributed by atoms with Crippen molar-refractivity contribution < 1.29 is 9.59 Å². The molecule has 144 valence electrons. The van der Waals surface area contributed by atoms with E-state index < -0.39 is 5.25 Å². The normalized spacial score (nSPS) is 17.7. The number of hydrogen-bond acceptors (Lipinski definition) is 7. The summed E-state index contributed by atoms with van der Waals surface area (Å²) in [5.41, 5.74) is 6.47. The molecule has 1 aliphatic heterocycles. The topological polar surface area (TPSA) is 89.2 Å². The van der Waals surface area contributed by atoms with Gasteiger partial charge in [0.15, 0.2) is 5.16 Å². The Morgan fingerprint density at radius 1 is 1.21 bits per heavy atom. The molecule has 4 rings (SSSR count). The van der Waals surface area contributed by atoms with E-state index in [4.69, 9.17) is 17.3 Å². The average molecular weight is 433 g/mol. The molecule has 1 unspecified atom stereocenters. The Kier molecular flexibility index (Phi) is 5.52. The molecule has 1 aromatic carbocycles. The monoisotopic (exact) mass is 432 g/mol. The fraction of sp³-hybridized carbons (Fsp3) is 0.263. The fourth-order valence-corrected chi connectivity index (χ4v) is 5.12. The molecule has 0 radical (unpaired) electrons. The first-order valence-corrected chi connectivity index (χ1v) is 11.0. The SMILES string of the molecule is Nc1nc(SC2CCCCN(C(=O)c3ccc(Cl)cc3)C2=O)nc2sccc12. The first-order chi connectivity index (χ1) is 13.5. The van der Waals surface area contributed by atoms with Crippen LogP contribution < -0.4 is 5.73 Å². The Morgan fingerprint density at radius 3 is 2.79 bits per heavy atom. The van der Waals surface area contributed by atoms with Crippen LogP contribution in [0.25, 0.3) is 10.2 Å². The Balaban J connectivity index is 1.57. The molecule has 1 aliphatic rings. The molecule has 1 atom stereocenters. The number of aromatic nitrogens is 2. The minimum Gasteiger partial charge on any atom is -0.383 e. The molecule has 2 aromatic heterocycles. The summed E-state index contributed by atoms with van der Waals surface area (Å²) in [5.74, 6) is -0.108. The van der Waals surface area contributed by atoms with E-state index >= 15 is 0 Å². The zero-order valence-corrected chi connectivity index (χ0v) is 17.2. The summed E-state index contributed by atoms with van der Waals surface area (Å²) in [6, 6.07) is 8.46. The van der Waals surface area contributed by atoms with Gasteiger partial charge < -0.3 is 5.73 Å². The largest absolute Gasteiger partial charge is 0.383 e. The van der Waals surface area contributed by atoms with Crippen molar-refractivity contribution in [3.05, 3.63) is 46.3 Å². The predicted octanol–water partition coefficient (Wildman–Crippen LogP) is 4.24. The Labute approximate surface area is 175 Å². The number of amides is 2. The number of likely N-dealkylation sites (tertiary alicyclic amines) is 1. The van der Waals surface area contributed by atoms with Crippen LogP contribution >= 0.6 is 34.7 Å². The van der Waals surface area contributed by atoms with Crippen LogP contribution in [0.3, 0.4) is 0 Å². The Bertz CT molecular complexity index is 1040. The van der Waals surface area contributed by atoms with Gasteiger partial charge in [0.25, 0.3) is 5.91 Å². The first kappa shape index (κ1) is 19.2. The van der Waals surface area contributed by atoms with Crippen molar-refractivity contribution in [3.63, 3.8) is 0 Å². The van der Waals surface area contributed by atoms with Crippen molar-refractivity contribution in [2.75, 3.05) is 12.3 Å². The first-order valence-electron chi connectivity index (χ1n) is 8.81. The average Bonchev–Trinajstić information content (AvgIpc) is 3.08. The summed E-state index contributed by atoms with van der Waals surface area (Å²) >= 11 is 8.66. The molecular weight excluding hydrogens is 416 g/mol. The lowest BCUT2D eigenvalue weighted by Crippen LogP contribution is -2.41. The highest BCUT2D eigenvalue weighted by molar-refractivity contribution is 8.00. The zero-order valence-electron chi connectivity index (χ0n) is 14.8. The number of nitrogen functional groups attached to an aromatic ring is 1. The lowest BCUT2D eigenvalue weighted by Gasteiger charge is -2.22. The standard InChI is InChI=1S/C19H17ClN4O2S2/c20-12-6-4-11(5-7-12)17(25)24-9-2-1-3-14(18(24)26)28-19-22-15(21)13-8-10-27-16(13)23-19/h4-8,10,14H,1-3,9H2,(H2,21,22,23). The summed E-state index contributed by atoms with van der Waals surface area (Å²) < 4.78 is 0. The number of thioether (sulfide) groups is 1. The van der Waals surface area contributed by atoms with Gasteiger partial charge in [-0.1, -0.05) is 29.8 Å². The number of thiophene rings is 1. The number of nitrogens with zero attached hydrogens (tertiary/aromatic N) is 3. The molecule has 0 aliphatic carbocycles. The summed E-state index contributed by atoms with van der Waals surface area (Å²) in [6.07, 6.45) is 2.29. The number of halogens is 1. The third-order valence-corrected chi connectivity index (χ3v) is 6.73. The van der Waals surface area contributed by atoms with Crippen LogP contribution in [0.2, 0.25) is 5.02 Å². The van der Waals surface area contributed by atoms with Gasteiger partial charge in [-0.25, -0.2) is 9.97 Å². The second kappa shape index (κ2) is 8.06. The van der Waals surface area contributed by atoms with E-state index in [-0.39, 0.29) is 11.8 Å². The van der Waals surface area contributed by atoms with E-state index in [0.29, 0.717) is 34.5 Å². The van der Waals surface area contributed by atoms with Gasteiger partial charge in [-0.2, -0.15) is 0 Å². The van der Waals surface area contributed by atoms with Crippen molar-refractivity contribution in [1.82, 2.24) is 14.9 Å². The summed E-state index contributed by atoms with van der Waals surface area (Å²) in [4.78, 5) is 37.0. The minimum absolute atomic E-state index is 0.212. The second-order valence-corrected chi connectivity index (χ2v) is 8.94. The van der Waals surface area contributed by atoms with Gasteiger partial charge in [-0.05, 0) is 48.6 Å². The number of carbonyl (C=O) groups excluding carboxylic acids is 2. The lowest BCUT2D eigenvalue weighted by molar-refractivity contribution is -0.127. The molecule has 28 heavy (non-hydrogen) atoms. The molecular formula is C19H17ClN4O2S2. The van der Waals surface area contributed by atoms with Crippen LogP contribution in [0.1, 0.15) is 29.6 Å². The predicted molar refractivity (Wildman–Crippen MR) is 113 cm³/mol. The van der Waals surface area contributed by atoms with E-state index in [1.165, 1.54) is 28.0 Å². The number of fused-ring (bicyclic) bond motifs is 1. The lowest BCUT2D eigenvalue weighted by atomic mass is 10.2. The van der Waals surface area contributed by atoms with Crippen molar-refractivity contribution in [2.24, 2.45) is 0 Å². The highest BCUT2D eigenvalue weighted by Crippen LogP contribution is 2.32. The molecule has 0 bridgehead atoms. The zero-order chi connectivity index (χ0) is 19.7. The molecule has 6 nitrogen and oxygen atoms in total. The maximum Gasteiger partial charge on any atom is 0.260 e. The second-order valence-electron chi connectivity index (χ2n) is 6.44. The molecule has 0 saturated carbocycles. The van der Waals surface area contributed by atoms with Gasteiger partial charge in [0.1, 0.15) is 10.6 Å². The van der Waals surface area contributed by atoms with Crippen molar-refractivity contribution in [1.29, 1.82) is 0 Å². The Hall–Kier alpha value is -2.16. The summed E-state index contributed by atoms with van der Waals surface area (Å²) in [5, 5.41) is 3.32. The highest BCUT2D eigenvalue weighted by atomic mass is 35.5. The van der Waals surface area contributed by atoms with Crippen molar-refractivity contribution in [3.8, 4) is 0 Å². The molecule has 3 aromatic rings. The maximum atomic E-state index is 13.1. The molecule has 1 saturated heterocycles. The quantitative estimate of drug-likeness (QED) is 0.491. The van der Waals surface area contributed by atoms with Crippen LogP contribution in [0, 0.1) is 0 Å². The smallest absolute Gasteiger partial charge is 0.260 e. The molecule has 9 heteroatoms. The van der Waals surface area contributed by atoms with Gasteiger partial charge in [0.2, 0.25) is 5.91 Å². The maximum absolute atomic E-state index is 13.1. The van der Waals surface area contributed by atoms with Crippen molar-refractivity contribution in [2.45, 2.75) is 29.7 Å².